The molecule has 2 aromatic rings. The number of carbonyl (C=O) groups excluding carboxylic acids is 2. The monoisotopic (exact) mass is 518 g/mol. The SMILES string of the molecule is COc1ccc(-c2ccc(S(=O)(=O)N[C@H]3CCCN(CC(=O)NCCON=C(N)N)C3=O)cc2)cc1. The maximum absolute atomic E-state index is 12.9. The zero-order chi connectivity index (χ0) is 26.1. The molecule has 0 spiro atoms. The molecule has 194 valence electrons. The summed E-state index contributed by atoms with van der Waals surface area (Å²) in [7, 11) is -2.36. The summed E-state index contributed by atoms with van der Waals surface area (Å²) in [5.74, 6) is -0.370. The van der Waals surface area contributed by atoms with Crippen LogP contribution in [-0.2, 0) is 24.4 Å². The van der Waals surface area contributed by atoms with Crippen molar-refractivity contribution in [3.63, 3.8) is 0 Å². The fourth-order valence-corrected chi connectivity index (χ4v) is 4.88. The molecule has 0 aliphatic carbocycles. The van der Waals surface area contributed by atoms with Gasteiger partial charge in [-0.3, -0.25) is 9.59 Å². The Morgan fingerprint density at radius 3 is 2.36 bits per heavy atom. The van der Waals surface area contributed by atoms with Gasteiger partial charge in [0.25, 0.3) is 0 Å². The van der Waals surface area contributed by atoms with E-state index in [-0.39, 0.29) is 30.6 Å². The normalized spacial score (nSPS) is 15.8. The van der Waals surface area contributed by atoms with E-state index in [1.165, 1.54) is 17.0 Å². The number of ether oxygens (including phenoxy) is 1. The number of nitrogens with one attached hydrogen (secondary N) is 2. The minimum absolute atomic E-state index is 0.0446. The molecule has 0 saturated carbocycles. The van der Waals surface area contributed by atoms with Crippen molar-refractivity contribution < 1.29 is 27.6 Å². The van der Waals surface area contributed by atoms with E-state index in [4.69, 9.17) is 21.0 Å². The molecular weight excluding hydrogens is 488 g/mol. The zero-order valence-corrected chi connectivity index (χ0v) is 20.7. The third kappa shape index (κ3) is 7.33. The number of methoxy groups -OCH3 is 1. The molecule has 1 saturated heterocycles. The van der Waals surface area contributed by atoms with E-state index in [0.717, 1.165) is 16.9 Å². The van der Waals surface area contributed by atoms with Crippen LogP contribution in [0.5, 0.6) is 5.75 Å². The van der Waals surface area contributed by atoms with E-state index < -0.39 is 27.9 Å². The van der Waals surface area contributed by atoms with Crippen LogP contribution in [0.15, 0.2) is 58.6 Å². The Labute approximate surface area is 209 Å². The fourth-order valence-electron chi connectivity index (χ4n) is 3.66. The number of carbonyl (C=O) groups is 2. The molecule has 13 heteroatoms. The summed E-state index contributed by atoms with van der Waals surface area (Å²) in [5.41, 5.74) is 12.0. The highest BCUT2D eigenvalue weighted by molar-refractivity contribution is 7.89. The topological polar surface area (TPSA) is 178 Å². The van der Waals surface area contributed by atoms with E-state index in [1.54, 1.807) is 19.2 Å². The lowest BCUT2D eigenvalue weighted by Crippen LogP contribution is -2.54. The van der Waals surface area contributed by atoms with Crippen LogP contribution >= 0.6 is 0 Å². The van der Waals surface area contributed by atoms with E-state index in [0.29, 0.717) is 19.4 Å². The molecular formula is C23H30N6O6S. The minimum atomic E-state index is -3.95. The van der Waals surface area contributed by atoms with Crippen LogP contribution in [0.2, 0.25) is 0 Å². The van der Waals surface area contributed by atoms with Gasteiger partial charge in [0, 0.05) is 6.54 Å². The van der Waals surface area contributed by atoms with Gasteiger partial charge in [-0.2, -0.15) is 4.72 Å². The molecule has 12 nitrogen and oxygen atoms in total. The standard InChI is InChI=1S/C23H30N6O6S/c1-34-18-8-4-16(5-9-18)17-6-10-19(11-7-17)36(32,33)28-20-3-2-13-29(22(20)31)15-21(30)26-12-14-35-27-23(24)25/h4-11,20,28H,2-3,12-15H2,1H3,(H,26,30)(H4,24,25,27)/t20-/m0/s1. The van der Waals surface area contributed by atoms with Gasteiger partial charge in [0.2, 0.25) is 27.8 Å². The highest BCUT2D eigenvalue weighted by Gasteiger charge is 2.33. The molecule has 3 rings (SSSR count). The predicted molar refractivity (Wildman–Crippen MR) is 133 cm³/mol. The molecule has 1 atom stereocenters. The average molecular weight is 519 g/mol. The predicted octanol–water partition coefficient (Wildman–Crippen LogP) is -0.0473. The number of hydrogen-bond acceptors (Lipinski definition) is 7. The second-order valence-electron chi connectivity index (χ2n) is 8.03. The number of piperidine rings is 1. The Kier molecular flexibility index (Phi) is 9.08. The summed E-state index contributed by atoms with van der Waals surface area (Å²) in [6.07, 6.45) is 0.892. The second-order valence-corrected chi connectivity index (χ2v) is 9.74. The van der Waals surface area contributed by atoms with Crippen LogP contribution < -0.4 is 26.2 Å². The zero-order valence-electron chi connectivity index (χ0n) is 19.8. The lowest BCUT2D eigenvalue weighted by molar-refractivity contribution is -0.139. The van der Waals surface area contributed by atoms with Crippen molar-refractivity contribution in [2.24, 2.45) is 16.6 Å². The lowest BCUT2D eigenvalue weighted by Gasteiger charge is -2.32. The summed E-state index contributed by atoms with van der Waals surface area (Å²) in [5, 5.41) is 5.92. The molecule has 0 aromatic heterocycles. The number of nitrogens with zero attached hydrogens (tertiary/aromatic N) is 2. The third-order valence-electron chi connectivity index (χ3n) is 5.44. The third-order valence-corrected chi connectivity index (χ3v) is 6.92. The van der Waals surface area contributed by atoms with Crippen molar-refractivity contribution in [2.75, 3.05) is 33.4 Å². The molecule has 1 aliphatic rings. The van der Waals surface area contributed by atoms with Crippen LogP contribution in [0.25, 0.3) is 11.1 Å². The van der Waals surface area contributed by atoms with Gasteiger partial charge in [-0.1, -0.05) is 24.3 Å². The van der Waals surface area contributed by atoms with Crippen LogP contribution in [-0.4, -0.2) is 70.5 Å². The average Bonchev–Trinajstić information content (AvgIpc) is 2.86. The van der Waals surface area contributed by atoms with Crippen LogP contribution in [0.4, 0.5) is 0 Å². The van der Waals surface area contributed by atoms with Crippen molar-refractivity contribution in [1.29, 1.82) is 0 Å². The van der Waals surface area contributed by atoms with Crippen molar-refractivity contribution >= 4 is 27.8 Å². The van der Waals surface area contributed by atoms with Gasteiger partial charge in [0.15, 0.2) is 0 Å². The number of amides is 2. The Bertz CT molecular complexity index is 1180. The van der Waals surface area contributed by atoms with Crippen LogP contribution in [0.3, 0.4) is 0 Å². The first-order valence-electron chi connectivity index (χ1n) is 11.2. The van der Waals surface area contributed by atoms with Gasteiger partial charge in [-0.05, 0) is 53.4 Å². The number of sulfonamides is 1. The van der Waals surface area contributed by atoms with Crippen LogP contribution in [0, 0.1) is 0 Å². The van der Waals surface area contributed by atoms with Gasteiger partial charge in [-0.15, -0.1) is 0 Å². The summed E-state index contributed by atoms with van der Waals surface area (Å²) in [6, 6.07) is 12.8. The summed E-state index contributed by atoms with van der Waals surface area (Å²) in [4.78, 5) is 31.2. The molecule has 2 aromatic carbocycles. The first-order valence-corrected chi connectivity index (χ1v) is 12.7. The Morgan fingerprint density at radius 1 is 1.11 bits per heavy atom. The maximum atomic E-state index is 12.9. The molecule has 2 amide bonds. The molecule has 36 heavy (non-hydrogen) atoms. The summed E-state index contributed by atoms with van der Waals surface area (Å²) >= 11 is 0. The lowest BCUT2D eigenvalue weighted by atomic mass is 10.1. The molecule has 1 fully saturated rings. The van der Waals surface area contributed by atoms with Crippen molar-refractivity contribution in [2.45, 2.75) is 23.8 Å². The first kappa shape index (κ1) is 26.8. The van der Waals surface area contributed by atoms with Crippen molar-refractivity contribution in [1.82, 2.24) is 14.9 Å². The fraction of sp³-hybridized carbons (Fsp3) is 0.348. The van der Waals surface area contributed by atoms with Gasteiger partial charge >= 0.3 is 0 Å². The number of guanidine groups is 1. The highest BCUT2D eigenvalue weighted by atomic mass is 32.2. The number of nitrogens with two attached hydrogens (primary N) is 2. The molecule has 0 radical (unpaired) electrons. The number of likely N-dealkylation sites (tertiary alicyclic amines) is 1. The van der Waals surface area contributed by atoms with Gasteiger partial charge in [0.1, 0.15) is 18.4 Å². The van der Waals surface area contributed by atoms with E-state index >= 15 is 0 Å². The second kappa shape index (κ2) is 12.2. The number of benzene rings is 2. The Balaban J connectivity index is 1.56. The number of hydrogen-bond donors (Lipinski definition) is 4. The molecule has 0 unspecified atom stereocenters. The smallest absolute Gasteiger partial charge is 0.241 e. The summed E-state index contributed by atoms with van der Waals surface area (Å²) in [6.45, 7) is 0.346. The van der Waals surface area contributed by atoms with E-state index in [9.17, 15) is 18.0 Å². The number of rotatable bonds is 11. The Hall–Kier alpha value is -3.84. The highest BCUT2D eigenvalue weighted by Crippen LogP contribution is 2.24. The van der Waals surface area contributed by atoms with E-state index in [1.807, 2.05) is 24.3 Å². The van der Waals surface area contributed by atoms with Crippen molar-refractivity contribution in [3.8, 4) is 16.9 Å². The minimum Gasteiger partial charge on any atom is -0.497 e. The van der Waals surface area contributed by atoms with Crippen molar-refractivity contribution in [3.05, 3.63) is 48.5 Å². The molecule has 6 N–H and O–H groups in total. The van der Waals surface area contributed by atoms with Crippen LogP contribution in [0.1, 0.15) is 12.8 Å². The largest absolute Gasteiger partial charge is 0.497 e. The molecule has 0 bridgehead atoms. The van der Waals surface area contributed by atoms with Gasteiger partial charge in [0.05, 0.1) is 25.1 Å². The van der Waals surface area contributed by atoms with Gasteiger partial charge in [-0.25, -0.2) is 8.42 Å². The number of oxime groups is 1. The first-order chi connectivity index (χ1) is 17.2. The van der Waals surface area contributed by atoms with Gasteiger partial charge < -0.3 is 31.3 Å². The maximum Gasteiger partial charge on any atom is 0.241 e. The Morgan fingerprint density at radius 2 is 1.75 bits per heavy atom. The van der Waals surface area contributed by atoms with E-state index in [2.05, 4.69) is 15.2 Å². The quantitative estimate of drug-likeness (QED) is 0.138. The molecule has 1 heterocycles. The molecule has 1 aliphatic heterocycles. The summed E-state index contributed by atoms with van der Waals surface area (Å²) < 4.78 is 33.5.